The predicted octanol–water partition coefficient (Wildman–Crippen LogP) is 6.66. The second-order valence-corrected chi connectivity index (χ2v) is 12.2. The minimum Gasteiger partial charge on any atom is -0.320 e. The van der Waals surface area contributed by atoms with Crippen molar-refractivity contribution in [2.45, 2.75) is 13.8 Å². The number of para-hydroxylation sites is 1. The molecule has 3 aromatic carbocycles. The van der Waals surface area contributed by atoms with Crippen molar-refractivity contribution in [3.8, 4) is 5.69 Å². The molecule has 4 aromatic rings. The van der Waals surface area contributed by atoms with E-state index in [2.05, 4.69) is 151 Å². The Hall–Kier alpha value is -2.14. The van der Waals surface area contributed by atoms with E-state index in [0.29, 0.717) is 0 Å². The highest BCUT2D eigenvalue weighted by molar-refractivity contribution is 14.1. The first-order valence-corrected chi connectivity index (χ1v) is 13.1. The van der Waals surface area contributed by atoms with Gasteiger partial charge in [0.2, 0.25) is 0 Å². The van der Waals surface area contributed by atoms with Crippen molar-refractivity contribution in [1.29, 1.82) is 0 Å². The summed E-state index contributed by atoms with van der Waals surface area (Å²) >= 11 is 2.34. The van der Waals surface area contributed by atoms with E-state index in [1.54, 1.807) is 0 Å². The summed E-state index contributed by atoms with van der Waals surface area (Å²) in [6.07, 6.45) is 2.25. The van der Waals surface area contributed by atoms with Crippen molar-refractivity contribution >= 4 is 46.1 Å². The maximum absolute atomic E-state index is 5.52. The summed E-state index contributed by atoms with van der Waals surface area (Å²) in [5.74, 6) is 0. The van der Waals surface area contributed by atoms with E-state index >= 15 is 0 Å². The van der Waals surface area contributed by atoms with Gasteiger partial charge in [-0.25, -0.2) is 4.74 Å². The Balaban J connectivity index is 2.07. The molecule has 31 heavy (non-hydrogen) atoms. The summed E-state index contributed by atoms with van der Waals surface area (Å²) in [7, 11) is 2.08. The van der Waals surface area contributed by atoms with E-state index < -0.39 is 7.21 Å². The molecule has 0 aliphatic rings. The Kier molecular flexibility index (Phi) is 6.52. The van der Waals surface area contributed by atoms with Crippen LogP contribution in [0.2, 0.25) is 0 Å². The molecule has 1 atom stereocenters. The zero-order valence-electron chi connectivity index (χ0n) is 18.3. The molecule has 158 valence electrons. The lowest BCUT2D eigenvalue weighted by molar-refractivity contribution is 0.681. The van der Waals surface area contributed by atoms with Crippen LogP contribution < -0.4 is 10.6 Å². The Morgan fingerprint density at radius 3 is 1.97 bits per heavy atom. The number of hydrogen-bond donors (Lipinski definition) is 0. The van der Waals surface area contributed by atoms with Crippen LogP contribution in [0.25, 0.3) is 5.69 Å². The number of aryl methyl sites for hydroxylation is 1. The fourth-order valence-electron chi connectivity index (χ4n) is 4.15. The second-order valence-electron chi connectivity index (χ2n) is 7.81. The fourth-order valence-corrected chi connectivity index (χ4v) is 8.19. The third kappa shape index (κ3) is 4.17. The van der Waals surface area contributed by atoms with E-state index in [0.717, 1.165) is 5.69 Å². The zero-order valence-corrected chi connectivity index (χ0v) is 21.4. The molecule has 5 heteroatoms. The Morgan fingerprint density at radius 1 is 0.806 bits per heavy atom. The molecule has 0 radical (unpaired) electrons. The van der Waals surface area contributed by atoms with E-state index in [4.69, 9.17) is 4.74 Å². The topological polar surface area (TPSA) is 20.5 Å². The van der Waals surface area contributed by atoms with Gasteiger partial charge in [0.25, 0.3) is 0 Å². The molecule has 0 saturated carbocycles. The number of benzene rings is 3. The molecular formula is C26H27IN3P. The van der Waals surface area contributed by atoms with Crippen LogP contribution in [-0.4, -0.2) is 23.3 Å². The van der Waals surface area contributed by atoms with Crippen LogP contribution in [0.3, 0.4) is 0 Å². The Bertz CT molecular complexity index is 1230. The first-order valence-electron chi connectivity index (χ1n) is 10.3. The summed E-state index contributed by atoms with van der Waals surface area (Å²) in [5.41, 5.74) is 4.69. The Morgan fingerprint density at radius 2 is 1.39 bits per heavy atom. The molecule has 1 aromatic heterocycles. The van der Waals surface area contributed by atoms with E-state index in [-0.39, 0.29) is 0 Å². The smallest absolute Gasteiger partial charge is 0.0965 e. The standard InChI is InChI=1S/C26H27IN3P/c1-20-19-30(24-11-7-5-8-12-24)21(2)26(20)31(29(3)4,25-13-9-6-10-14-25)28-23-17-15-22(27)16-18-23/h5-19H,1-4H3. The first-order chi connectivity index (χ1) is 14.9. The van der Waals surface area contributed by atoms with Crippen LogP contribution in [0.15, 0.2) is 95.9 Å². The van der Waals surface area contributed by atoms with Gasteiger partial charge in [-0.15, -0.1) is 0 Å². The number of rotatable bonds is 5. The van der Waals surface area contributed by atoms with Gasteiger partial charge in [-0.2, -0.15) is 0 Å². The normalized spacial score (nSPS) is 13.2. The van der Waals surface area contributed by atoms with Crippen LogP contribution in [0, 0.1) is 17.4 Å². The summed E-state index contributed by atoms with van der Waals surface area (Å²) in [6.45, 7) is 4.44. The highest BCUT2D eigenvalue weighted by Gasteiger charge is 2.33. The Labute approximate surface area is 199 Å². The van der Waals surface area contributed by atoms with Gasteiger partial charge in [0, 0.05) is 31.8 Å². The molecule has 0 spiro atoms. The highest BCUT2D eigenvalue weighted by Crippen LogP contribution is 2.53. The quantitative estimate of drug-likeness (QED) is 0.205. The molecule has 0 N–H and O–H groups in total. The van der Waals surface area contributed by atoms with Gasteiger partial charge < -0.3 is 4.57 Å². The third-order valence-electron chi connectivity index (χ3n) is 5.53. The third-order valence-corrected chi connectivity index (χ3v) is 10.2. The van der Waals surface area contributed by atoms with Gasteiger partial charge in [-0.05, 0) is 92.5 Å². The van der Waals surface area contributed by atoms with Crippen LogP contribution in [0.1, 0.15) is 11.3 Å². The maximum atomic E-state index is 5.52. The fraction of sp³-hybridized carbons (Fsp3) is 0.154. The molecule has 4 rings (SSSR count). The molecule has 0 fully saturated rings. The zero-order chi connectivity index (χ0) is 22.0. The molecule has 1 unspecified atom stereocenters. The van der Waals surface area contributed by atoms with E-state index in [1.165, 1.54) is 31.1 Å². The summed E-state index contributed by atoms with van der Waals surface area (Å²) in [5, 5.41) is 2.58. The number of aromatic nitrogens is 1. The van der Waals surface area contributed by atoms with Gasteiger partial charge in [0.1, 0.15) is 0 Å². The molecule has 0 aliphatic heterocycles. The van der Waals surface area contributed by atoms with Crippen molar-refractivity contribution in [1.82, 2.24) is 9.24 Å². The lowest BCUT2D eigenvalue weighted by Gasteiger charge is -2.33. The molecule has 0 bridgehead atoms. The van der Waals surface area contributed by atoms with Crippen LogP contribution in [-0.2, 0) is 0 Å². The van der Waals surface area contributed by atoms with Crippen molar-refractivity contribution < 1.29 is 0 Å². The van der Waals surface area contributed by atoms with Crippen LogP contribution in [0.4, 0.5) is 5.69 Å². The molecule has 3 nitrogen and oxygen atoms in total. The van der Waals surface area contributed by atoms with Crippen LogP contribution >= 0.6 is 29.8 Å². The monoisotopic (exact) mass is 539 g/mol. The highest BCUT2D eigenvalue weighted by atomic mass is 127. The lowest BCUT2D eigenvalue weighted by atomic mass is 10.3. The first kappa shape index (κ1) is 22.1. The molecule has 0 saturated heterocycles. The molecular weight excluding hydrogens is 512 g/mol. The van der Waals surface area contributed by atoms with Crippen molar-refractivity contribution in [2.24, 2.45) is 4.74 Å². The largest absolute Gasteiger partial charge is 0.320 e. The predicted molar refractivity (Wildman–Crippen MR) is 143 cm³/mol. The average molecular weight is 539 g/mol. The number of hydrogen-bond acceptors (Lipinski definition) is 1. The van der Waals surface area contributed by atoms with Gasteiger partial charge in [0.05, 0.1) is 12.9 Å². The lowest BCUT2D eigenvalue weighted by Crippen LogP contribution is -2.29. The summed E-state index contributed by atoms with van der Waals surface area (Å²) in [4.78, 5) is 0. The SMILES string of the molecule is Cc1cn(-c2ccccc2)c(C)c1P(=Nc1ccc(I)cc1)(c1ccccc1)N(C)C. The van der Waals surface area contributed by atoms with Crippen LogP contribution in [0.5, 0.6) is 0 Å². The van der Waals surface area contributed by atoms with Gasteiger partial charge >= 0.3 is 0 Å². The minimum atomic E-state index is -2.25. The average Bonchev–Trinajstić information content (AvgIpc) is 3.09. The van der Waals surface area contributed by atoms with Crippen molar-refractivity contribution in [2.75, 3.05) is 14.1 Å². The molecule has 0 aliphatic carbocycles. The van der Waals surface area contributed by atoms with E-state index in [1.807, 2.05) is 0 Å². The summed E-state index contributed by atoms with van der Waals surface area (Å²) in [6, 6.07) is 29.8. The summed E-state index contributed by atoms with van der Waals surface area (Å²) < 4.78 is 11.4. The molecule has 1 heterocycles. The molecule has 0 amide bonds. The maximum Gasteiger partial charge on any atom is 0.0965 e. The number of halogens is 1. The van der Waals surface area contributed by atoms with Crippen molar-refractivity contribution in [3.05, 3.63) is 106 Å². The van der Waals surface area contributed by atoms with Crippen molar-refractivity contribution in [3.63, 3.8) is 0 Å². The van der Waals surface area contributed by atoms with Gasteiger partial charge in [0.15, 0.2) is 0 Å². The number of nitrogens with zero attached hydrogens (tertiary/aromatic N) is 3. The van der Waals surface area contributed by atoms with Gasteiger partial charge in [-0.1, -0.05) is 48.5 Å². The van der Waals surface area contributed by atoms with Gasteiger partial charge in [-0.3, -0.25) is 4.67 Å². The second kappa shape index (κ2) is 9.15. The van der Waals surface area contributed by atoms with E-state index in [9.17, 15) is 0 Å². The minimum absolute atomic E-state index is 1.01.